The highest BCUT2D eigenvalue weighted by Crippen LogP contribution is 1.87. The summed E-state index contributed by atoms with van der Waals surface area (Å²) in [6, 6.07) is 3.47. The van der Waals surface area contributed by atoms with Gasteiger partial charge in [0.05, 0.1) is 17.5 Å². The van der Waals surface area contributed by atoms with E-state index >= 15 is 0 Å². The van der Waals surface area contributed by atoms with E-state index in [1.54, 1.807) is 30.8 Å². The monoisotopic (exact) mass is 149 g/mol. The van der Waals surface area contributed by atoms with Gasteiger partial charge >= 0.3 is 5.82 Å². The molecule has 2 rings (SSSR count). The molecule has 0 saturated carbocycles. The average Bonchev–Trinajstić information content (AvgIpc) is 2.58. The van der Waals surface area contributed by atoms with Gasteiger partial charge in [-0.1, -0.05) is 0 Å². The molecule has 0 atom stereocenters. The first-order valence-electron chi connectivity index (χ1n) is 3.07. The number of hydrogen-bond donors (Lipinski definition) is 0. The standard InChI is InChI=1S/C6H5N4O/c1-4-10(11-5-1)6-2-3-7-9-8-6/h1-5H/q+1. The van der Waals surface area contributed by atoms with Crippen LogP contribution in [0.2, 0.25) is 0 Å². The number of aromatic nitrogens is 4. The number of rotatable bonds is 1. The molecule has 0 radical (unpaired) electrons. The minimum absolute atomic E-state index is 0.616. The Kier molecular flexibility index (Phi) is 1.33. The fourth-order valence-corrected chi connectivity index (χ4v) is 0.732. The molecule has 0 saturated heterocycles. The van der Waals surface area contributed by atoms with Crippen LogP contribution >= 0.6 is 0 Å². The number of nitrogens with zero attached hydrogens (tertiary/aromatic N) is 4. The van der Waals surface area contributed by atoms with Crippen LogP contribution in [0.5, 0.6) is 0 Å². The molecule has 0 aliphatic heterocycles. The molecule has 0 spiro atoms. The van der Waals surface area contributed by atoms with Crippen molar-refractivity contribution in [2.45, 2.75) is 0 Å². The van der Waals surface area contributed by atoms with Gasteiger partial charge in [0.25, 0.3) is 0 Å². The van der Waals surface area contributed by atoms with Gasteiger partial charge in [0.15, 0.2) is 0 Å². The Labute approximate surface area is 62.3 Å². The van der Waals surface area contributed by atoms with Gasteiger partial charge in [-0.3, -0.25) is 0 Å². The third-order valence-electron chi connectivity index (χ3n) is 1.19. The predicted molar refractivity (Wildman–Crippen MR) is 33.6 cm³/mol. The quantitative estimate of drug-likeness (QED) is 0.524. The summed E-state index contributed by atoms with van der Waals surface area (Å²) in [5.74, 6) is 0.616. The largest absolute Gasteiger partial charge is 0.392 e. The van der Waals surface area contributed by atoms with Gasteiger partial charge in [0.2, 0.25) is 0 Å². The van der Waals surface area contributed by atoms with Gasteiger partial charge in [-0.05, 0) is 4.74 Å². The maximum atomic E-state index is 5.01. The second-order valence-electron chi connectivity index (χ2n) is 1.89. The summed E-state index contributed by atoms with van der Waals surface area (Å²) in [4.78, 5) is 0. The van der Waals surface area contributed by atoms with Gasteiger partial charge in [-0.2, -0.15) is 0 Å². The minimum atomic E-state index is 0.616. The van der Waals surface area contributed by atoms with Crippen LogP contribution < -0.4 is 4.74 Å². The molecule has 0 N–H and O–H groups in total. The Bertz CT molecular complexity index is 318. The summed E-state index contributed by atoms with van der Waals surface area (Å²) in [7, 11) is 0. The molecule has 0 aromatic carbocycles. The van der Waals surface area contributed by atoms with E-state index in [2.05, 4.69) is 15.4 Å². The Morgan fingerprint density at radius 1 is 1.45 bits per heavy atom. The molecule has 2 heterocycles. The van der Waals surface area contributed by atoms with Gasteiger partial charge < -0.3 is 4.52 Å². The molecule has 0 bridgehead atoms. The van der Waals surface area contributed by atoms with Crippen molar-refractivity contribution >= 4 is 0 Å². The van der Waals surface area contributed by atoms with Crippen LogP contribution in [-0.2, 0) is 0 Å². The summed E-state index contributed by atoms with van der Waals surface area (Å²) >= 11 is 0. The number of hydrogen-bond acceptors (Lipinski definition) is 4. The molecular weight excluding hydrogens is 144 g/mol. The van der Waals surface area contributed by atoms with E-state index in [0.29, 0.717) is 5.82 Å². The summed E-state index contributed by atoms with van der Waals surface area (Å²) in [5, 5.41) is 10.7. The van der Waals surface area contributed by atoms with Crippen LogP contribution in [-0.4, -0.2) is 15.4 Å². The van der Waals surface area contributed by atoms with E-state index in [1.165, 1.54) is 4.74 Å². The first-order chi connectivity index (χ1) is 5.47. The Morgan fingerprint density at radius 3 is 3.09 bits per heavy atom. The molecule has 54 valence electrons. The molecule has 2 aromatic heterocycles. The molecule has 11 heavy (non-hydrogen) atoms. The lowest BCUT2D eigenvalue weighted by Gasteiger charge is -1.81. The van der Waals surface area contributed by atoms with Crippen LogP contribution in [0.4, 0.5) is 0 Å². The summed E-state index contributed by atoms with van der Waals surface area (Å²) in [5.41, 5.74) is 0. The maximum Gasteiger partial charge on any atom is 0.392 e. The summed E-state index contributed by atoms with van der Waals surface area (Å²) in [6.45, 7) is 0. The Balaban J connectivity index is 2.46. The second kappa shape index (κ2) is 2.45. The topological polar surface area (TPSA) is 55.7 Å². The average molecular weight is 149 g/mol. The van der Waals surface area contributed by atoms with Gasteiger partial charge in [0, 0.05) is 6.07 Å². The zero-order valence-electron chi connectivity index (χ0n) is 5.58. The fraction of sp³-hybridized carbons (Fsp3) is 0. The van der Waals surface area contributed by atoms with Crippen LogP contribution in [0.1, 0.15) is 0 Å². The van der Waals surface area contributed by atoms with Crippen LogP contribution in [0.3, 0.4) is 0 Å². The van der Waals surface area contributed by atoms with E-state index in [9.17, 15) is 0 Å². The molecule has 2 aromatic rings. The molecule has 0 aliphatic rings. The molecular formula is C6H5N4O+. The van der Waals surface area contributed by atoms with Crippen molar-refractivity contribution in [1.82, 2.24) is 15.4 Å². The van der Waals surface area contributed by atoms with Crippen LogP contribution in [0.25, 0.3) is 5.82 Å². The smallest absolute Gasteiger partial charge is 0.304 e. The first-order valence-corrected chi connectivity index (χ1v) is 3.07. The van der Waals surface area contributed by atoms with Crippen molar-refractivity contribution in [2.24, 2.45) is 0 Å². The zero-order chi connectivity index (χ0) is 7.52. The molecule has 0 amide bonds. The van der Waals surface area contributed by atoms with Crippen molar-refractivity contribution in [3.8, 4) is 5.82 Å². The van der Waals surface area contributed by atoms with Crippen molar-refractivity contribution in [2.75, 3.05) is 0 Å². The first kappa shape index (κ1) is 5.96. The highest BCUT2D eigenvalue weighted by Gasteiger charge is 2.08. The Morgan fingerprint density at radius 2 is 2.45 bits per heavy atom. The lowest BCUT2D eigenvalue weighted by atomic mass is 10.6. The third kappa shape index (κ3) is 1.07. The summed E-state index contributed by atoms with van der Waals surface area (Å²) in [6.07, 6.45) is 4.85. The van der Waals surface area contributed by atoms with Gasteiger partial charge in [-0.15, -0.1) is 5.10 Å². The van der Waals surface area contributed by atoms with Crippen molar-refractivity contribution < 1.29 is 9.26 Å². The van der Waals surface area contributed by atoms with E-state index in [4.69, 9.17) is 4.52 Å². The minimum Gasteiger partial charge on any atom is -0.304 e. The van der Waals surface area contributed by atoms with Crippen LogP contribution in [0, 0.1) is 0 Å². The van der Waals surface area contributed by atoms with E-state index < -0.39 is 0 Å². The van der Waals surface area contributed by atoms with Crippen molar-refractivity contribution in [1.29, 1.82) is 0 Å². The molecule has 0 aliphatic carbocycles. The van der Waals surface area contributed by atoms with E-state index in [1.807, 2.05) is 0 Å². The SMILES string of the molecule is c1co[n+](-c2ccnnn2)c1. The molecule has 0 unspecified atom stereocenters. The Hall–Kier alpha value is -1.78. The molecule has 5 heteroatoms. The second-order valence-corrected chi connectivity index (χ2v) is 1.89. The highest BCUT2D eigenvalue weighted by molar-refractivity contribution is 5.00. The highest BCUT2D eigenvalue weighted by atomic mass is 16.5. The van der Waals surface area contributed by atoms with Crippen LogP contribution in [0.15, 0.2) is 35.3 Å². The molecule has 0 fully saturated rings. The fourth-order valence-electron chi connectivity index (χ4n) is 0.732. The summed E-state index contributed by atoms with van der Waals surface area (Å²) < 4.78 is 6.50. The van der Waals surface area contributed by atoms with Crippen molar-refractivity contribution in [3.63, 3.8) is 0 Å². The van der Waals surface area contributed by atoms with Gasteiger partial charge in [0.1, 0.15) is 17.6 Å². The van der Waals surface area contributed by atoms with E-state index in [0.717, 1.165) is 0 Å². The molecule has 5 nitrogen and oxygen atoms in total. The van der Waals surface area contributed by atoms with Crippen molar-refractivity contribution in [3.05, 3.63) is 30.8 Å². The zero-order valence-corrected chi connectivity index (χ0v) is 5.58. The lowest BCUT2D eigenvalue weighted by Crippen LogP contribution is -2.28. The third-order valence-corrected chi connectivity index (χ3v) is 1.19. The normalized spacial score (nSPS) is 9.82. The van der Waals surface area contributed by atoms with E-state index in [-0.39, 0.29) is 0 Å². The maximum absolute atomic E-state index is 5.01. The lowest BCUT2D eigenvalue weighted by molar-refractivity contribution is -0.787. The van der Waals surface area contributed by atoms with Gasteiger partial charge in [-0.25, -0.2) is 0 Å². The predicted octanol–water partition coefficient (Wildman–Crippen LogP) is -0.259.